The van der Waals surface area contributed by atoms with Gasteiger partial charge in [-0.15, -0.1) is 0 Å². The maximum Gasteiger partial charge on any atom is 0.310 e. The van der Waals surface area contributed by atoms with Crippen LogP contribution in [0.15, 0.2) is 36.4 Å². The van der Waals surface area contributed by atoms with Gasteiger partial charge >= 0.3 is 5.97 Å². The molecule has 2 nitrogen and oxygen atoms in total. The van der Waals surface area contributed by atoms with Crippen molar-refractivity contribution in [3.8, 4) is 0 Å². The van der Waals surface area contributed by atoms with Gasteiger partial charge in [0, 0.05) is 0 Å². The van der Waals surface area contributed by atoms with E-state index in [0.717, 1.165) is 5.92 Å². The lowest BCUT2D eigenvalue weighted by atomic mass is 9.90. The molecule has 8 unspecified atom stereocenters. The lowest BCUT2D eigenvalue weighted by molar-refractivity contribution is -0.145. The van der Waals surface area contributed by atoms with E-state index in [9.17, 15) is 9.90 Å². The Morgan fingerprint density at radius 1 is 1.00 bits per heavy atom. The van der Waals surface area contributed by atoms with Crippen LogP contribution in [0.3, 0.4) is 0 Å². The molecule has 2 aromatic carbocycles. The number of aliphatic carboxylic acids is 1. The number of carbonyl (C=O) groups is 1. The van der Waals surface area contributed by atoms with Crippen molar-refractivity contribution in [2.75, 3.05) is 0 Å². The smallest absolute Gasteiger partial charge is 0.310 e. The molecule has 5 aliphatic rings. The molecule has 7 rings (SSSR count). The molecule has 5 aliphatic carbocycles. The first-order valence-corrected chi connectivity index (χ1v) is 10.2. The summed E-state index contributed by atoms with van der Waals surface area (Å²) in [5, 5.41) is 12.1. The van der Waals surface area contributed by atoms with Crippen molar-refractivity contribution in [1.82, 2.24) is 0 Å². The summed E-state index contributed by atoms with van der Waals surface area (Å²) in [5.74, 6) is 3.77. The van der Waals surface area contributed by atoms with E-state index in [1.807, 2.05) is 0 Å². The molecule has 4 bridgehead atoms. The van der Waals surface area contributed by atoms with Crippen molar-refractivity contribution < 1.29 is 9.90 Å². The molecule has 0 spiro atoms. The Morgan fingerprint density at radius 2 is 1.58 bits per heavy atom. The van der Waals surface area contributed by atoms with Gasteiger partial charge in [0.2, 0.25) is 0 Å². The zero-order valence-corrected chi connectivity index (χ0v) is 16.1. The second-order valence-corrected chi connectivity index (χ2v) is 9.29. The summed E-state index contributed by atoms with van der Waals surface area (Å²) in [7, 11) is 0. The Kier molecular flexibility index (Phi) is 3.22. The van der Waals surface area contributed by atoms with Crippen LogP contribution in [0, 0.1) is 35.0 Å². The summed E-state index contributed by atoms with van der Waals surface area (Å²) in [6, 6.07) is 13.3. The minimum absolute atomic E-state index is 0.260. The van der Waals surface area contributed by atoms with Crippen molar-refractivity contribution in [2.24, 2.45) is 35.0 Å². The van der Waals surface area contributed by atoms with Gasteiger partial charge in [-0.25, -0.2) is 0 Å². The number of carboxylic acids is 1. The summed E-state index contributed by atoms with van der Waals surface area (Å²) >= 11 is 0. The molecule has 136 valence electrons. The van der Waals surface area contributed by atoms with Gasteiger partial charge in [-0.2, -0.15) is 0 Å². The Labute approximate surface area is 155 Å². The summed E-state index contributed by atoms with van der Waals surface area (Å²) in [4.78, 5) is 11.2. The van der Waals surface area contributed by atoms with E-state index < -0.39 is 5.97 Å². The fraction of sp³-hybridized carbons (Fsp3) is 0.542. The molecule has 0 amide bonds. The summed E-state index contributed by atoms with van der Waals surface area (Å²) < 4.78 is 0. The highest BCUT2D eigenvalue weighted by Gasteiger charge is 2.84. The van der Waals surface area contributed by atoms with Crippen LogP contribution >= 0.6 is 0 Å². The zero-order chi connectivity index (χ0) is 18.4. The molecule has 2 aromatic rings. The van der Waals surface area contributed by atoms with E-state index in [2.05, 4.69) is 64.1 Å². The van der Waals surface area contributed by atoms with Crippen molar-refractivity contribution in [2.45, 2.75) is 46.0 Å². The second kappa shape index (κ2) is 5.12. The van der Waals surface area contributed by atoms with Crippen LogP contribution in [0.25, 0.3) is 10.8 Å². The predicted molar refractivity (Wildman–Crippen MR) is 104 cm³/mol. The van der Waals surface area contributed by atoms with Gasteiger partial charge in [0.15, 0.2) is 0 Å². The number of rotatable bonds is 1. The molecular weight excluding hydrogens is 320 g/mol. The topological polar surface area (TPSA) is 37.3 Å². The average molecular weight is 348 g/mol. The lowest BCUT2D eigenvalue weighted by Crippen LogP contribution is -2.22. The van der Waals surface area contributed by atoms with E-state index in [-0.39, 0.29) is 5.41 Å². The molecule has 0 aliphatic heterocycles. The van der Waals surface area contributed by atoms with Crippen LogP contribution in [0.1, 0.15) is 57.1 Å². The van der Waals surface area contributed by atoms with E-state index in [1.165, 1.54) is 28.3 Å². The van der Waals surface area contributed by atoms with Gasteiger partial charge in [-0.1, -0.05) is 64.1 Å². The molecule has 26 heavy (non-hydrogen) atoms. The minimum atomic E-state index is -0.517. The van der Waals surface area contributed by atoms with Crippen LogP contribution in [0.5, 0.6) is 0 Å². The van der Waals surface area contributed by atoms with E-state index in [4.69, 9.17) is 0 Å². The summed E-state index contributed by atoms with van der Waals surface area (Å²) in [5.41, 5.74) is 2.81. The Balaban J connectivity index is 0.000000117. The van der Waals surface area contributed by atoms with Gasteiger partial charge in [-0.05, 0) is 69.7 Å². The fourth-order valence-corrected chi connectivity index (χ4v) is 7.28. The molecule has 4 fully saturated rings. The Hall–Kier alpha value is -1.83. The van der Waals surface area contributed by atoms with Crippen LogP contribution in [0.2, 0.25) is 0 Å². The molecule has 0 radical (unpaired) electrons. The number of hydrogen-bond acceptors (Lipinski definition) is 1. The predicted octanol–water partition coefficient (Wildman–Crippen LogP) is 5.67. The highest BCUT2D eigenvalue weighted by atomic mass is 16.4. The van der Waals surface area contributed by atoms with Gasteiger partial charge in [-0.3, -0.25) is 4.79 Å². The van der Waals surface area contributed by atoms with Gasteiger partial charge in [0.1, 0.15) is 0 Å². The largest absolute Gasteiger partial charge is 0.481 e. The van der Waals surface area contributed by atoms with Crippen molar-refractivity contribution in [3.05, 3.63) is 47.5 Å². The fourth-order valence-electron chi connectivity index (χ4n) is 7.28. The third kappa shape index (κ3) is 1.71. The molecule has 8 atom stereocenters. The third-order valence-electron chi connectivity index (χ3n) is 8.72. The van der Waals surface area contributed by atoms with Crippen LogP contribution in [-0.2, 0) is 4.79 Å². The van der Waals surface area contributed by atoms with E-state index in [0.29, 0.717) is 35.5 Å². The van der Waals surface area contributed by atoms with E-state index in [1.54, 1.807) is 0 Å². The summed E-state index contributed by atoms with van der Waals surface area (Å²) in [6.45, 7) is 9.05. The maximum absolute atomic E-state index is 11.2. The number of benzene rings is 2. The molecule has 4 saturated carbocycles. The van der Waals surface area contributed by atoms with E-state index >= 15 is 0 Å². The van der Waals surface area contributed by atoms with Crippen LogP contribution in [0.4, 0.5) is 0 Å². The second-order valence-electron chi connectivity index (χ2n) is 9.29. The van der Waals surface area contributed by atoms with Gasteiger partial charge < -0.3 is 5.11 Å². The highest BCUT2D eigenvalue weighted by Crippen LogP contribution is 2.83. The van der Waals surface area contributed by atoms with Crippen LogP contribution in [-0.4, -0.2) is 11.1 Å². The molecule has 0 saturated heterocycles. The van der Waals surface area contributed by atoms with Crippen LogP contribution < -0.4 is 0 Å². The lowest BCUT2D eigenvalue weighted by Gasteiger charge is -2.14. The van der Waals surface area contributed by atoms with Gasteiger partial charge in [0.25, 0.3) is 0 Å². The molecular formula is C24H28O2. The third-order valence-corrected chi connectivity index (χ3v) is 8.72. The first-order chi connectivity index (χ1) is 12.4. The Bertz CT molecular complexity index is 869. The standard InChI is InChI=1S/C14H14.C10H14O2/c1-9-10(2)13-8-4-6-11-5-3-7-12(9)14(11)13;1-4-6-3-7-8(4)10(7,5(6)2)9(11)12/h3-10H,1-2H3;4-8H,3H2,1-2H3,(H,11,12). The minimum Gasteiger partial charge on any atom is -0.481 e. The average Bonchev–Trinajstić information content (AvgIpc) is 2.78. The quantitative estimate of drug-likeness (QED) is 0.721. The molecule has 0 heterocycles. The highest BCUT2D eigenvalue weighted by molar-refractivity contribution is 5.92. The Morgan fingerprint density at radius 3 is 1.92 bits per heavy atom. The monoisotopic (exact) mass is 348 g/mol. The van der Waals surface area contributed by atoms with Crippen molar-refractivity contribution in [3.63, 3.8) is 0 Å². The number of hydrogen-bond donors (Lipinski definition) is 1. The first kappa shape index (κ1) is 16.4. The van der Waals surface area contributed by atoms with Crippen molar-refractivity contribution >= 4 is 16.7 Å². The zero-order valence-electron chi connectivity index (χ0n) is 16.1. The van der Waals surface area contributed by atoms with Gasteiger partial charge in [0.05, 0.1) is 5.41 Å². The molecule has 2 heteroatoms. The molecule has 0 aromatic heterocycles. The normalized spacial score (nSPS) is 43.3. The van der Waals surface area contributed by atoms with Crippen molar-refractivity contribution in [1.29, 1.82) is 0 Å². The molecule has 1 N–H and O–H groups in total. The number of carboxylic acid groups (broad SMARTS) is 1. The maximum atomic E-state index is 11.2. The SMILES string of the molecule is CC1C2CC3C1C3(C(=O)O)C2C.CC1c2cccc3cccc(c23)C1C. The summed E-state index contributed by atoms with van der Waals surface area (Å²) in [6.07, 6.45) is 1.19. The first-order valence-electron chi connectivity index (χ1n) is 10.2.